The van der Waals surface area contributed by atoms with Crippen molar-refractivity contribution in [3.8, 4) is 0 Å². The molecule has 0 aromatic rings. The summed E-state index contributed by atoms with van der Waals surface area (Å²) in [6, 6.07) is 0. The summed E-state index contributed by atoms with van der Waals surface area (Å²) >= 11 is 0. The van der Waals surface area contributed by atoms with Crippen LogP contribution < -0.4 is 0 Å². The predicted octanol–water partition coefficient (Wildman–Crippen LogP) is 1.91. The minimum absolute atomic E-state index is 0.0219. The number of hydrogen-bond acceptors (Lipinski definition) is 3. The van der Waals surface area contributed by atoms with Gasteiger partial charge in [-0.3, -0.25) is 0 Å². The topological polar surface area (TPSA) is 43.4 Å². The molecular weight excluding hydrogens is 163 g/mol. The molecule has 0 fully saturated rings. The molecule has 4 heteroatoms. The van der Waals surface area contributed by atoms with Crippen LogP contribution in [0.25, 0.3) is 0 Å². The first-order valence-corrected chi connectivity index (χ1v) is 4.83. The largest absolute Gasteiger partial charge is 0.442 e. The Bertz CT molecular complexity index is 165. The number of rotatable bonds is 6. The van der Waals surface area contributed by atoms with Crippen molar-refractivity contribution < 1.29 is 14.1 Å². The maximum absolute atomic E-state index is 10.9. The zero-order valence-electron chi connectivity index (χ0n) is 6.58. The van der Waals surface area contributed by atoms with Crippen molar-refractivity contribution in [3.63, 3.8) is 0 Å². The van der Waals surface area contributed by atoms with Crippen LogP contribution in [0.1, 0.15) is 13.3 Å². The molecule has 1 unspecified atom stereocenters. The molecule has 0 N–H and O–H groups in total. The normalized spacial score (nSPS) is 10.8. The van der Waals surface area contributed by atoms with E-state index in [1.807, 2.05) is 0 Å². The molecule has 1 atom stereocenters. The summed E-state index contributed by atoms with van der Waals surface area (Å²) < 4.78 is 15.7. The van der Waals surface area contributed by atoms with Crippen LogP contribution in [-0.4, -0.2) is 18.5 Å². The molecule has 0 rings (SSSR count). The molecule has 0 spiro atoms. The van der Waals surface area contributed by atoms with Gasteiger partial charge in [0.05, 0.1) is 13.0 Å². The van der Waals surface area contributed by atoms with Gasteiger partial charge in [0, 0.05) is 0 Å². The van der Waals surface area contributed by atoms with Crippen molar-refractivity contribution in [1.29, 1.82) is 0 Å². The minimum Gasteiger partial charge on any atom is -0.333 e. The Morgan fingerprint density at radius 3 is 2.82 bits per heavy atom. The van der Waals surface area contributed by atoms with Gasteiger partial charge in [0.15, 0.2) is 0 Å². The van der Waals surface area contributed by atoms with Gasteiger partial charge in [-0.05, 0) is 0 Å². The van der Waals surface area contributed by atoms with Crippen LogP contribution in [0.5, 0.6) is 0 Å². The first-order valence-electron chi connectivity index (χ1n) is 3.38. The quantitative estimate of drug-likeness (QED) is 0.352. The third-order valence-electron chi connectivity index (χ3n) is 1.02. The number of carbonyl (C=O) groups excluding carboxylic acids is 1. The first-order chi connectivity index (χ1) is 5.22. The molecule has 0 saturated heterocycles. The van der Waals surface area contributed by atoms with Crippen molar-refractivity contribution in [3.05, 3.63) is 12.7 Å². The molecule has 0 heterocycles. The van der Waals surface area contributed by atoms with Gasteiger partial charge in [-0.1, -0.05) is 17.6 Å². The lowest BCUT2D eigenvalue weighted by Crippen LogP contribution is -1.95. The molecular formula is C7H12O3P+. The average molecular weight is 175 g/mol. The van der Waals surface area contributed by atoms with Crippen LogP contribution >= 0.6 is 7.80 Å². The van der Waals surface area contributed by atoms with Crippen molar-refractivity contribution >= 4 is 13.3 Å². The van der Waals surface area contributed by atoms with E-state index in [-0.39, 0.29) is 11.9 Å². The molecule has 0 aliphatic rings. The first kappa shape index (κ1) is 10.5. The van der Waals surface area contributed by atoms with E-state index in [0.717, 1.165) is 0 Å². The van der Waals surface area contributed by atoms with E-state index in [0.29, 0.717) is 13.0 Å². The zero-order chi connectivity index (χ0) is 8.69. The van der Waals surface area contributed by atoms with Crippen LogP contribution in [0.4, 0.5) is 0 Å². The van der Waals surface area contributed by atoms with E-state index in [1.54, 1.807) is 13.0 Å². The third-order valence-corrected chi connectivity index (χ3v) is 2.31. The van der Waals surface area contributed by atoms with Gasteiger partial charge in [-0.15, -0.1) is 6.58 Å². The summed E-state index contributed by atoms with van der Waals surface area (Å²) in [6.07, 6.45) is 1.89. The highest BCUT2D eigenvalue weighted by Crippen LogP contribution is 2.22. The molecule has 0 saturated carbocycles. The maximum atomic E-state index is 10.9. The van der Waals surface area contributed by atoms with Gasteiger partial charge < -0.3 is 4.74 Å². The number of ether oxygens (including phenoxy) is 1. The standard InChI is InChI=1S/C7H12O3P/c1-3-5-10-6-11(9)7(8)4-2/h3H,1,4-6H2,2H3/q+1. The second-order valence-electron chi connectivity index (χ2n) is 1.91. The van der Waals surface area contributed by atoms with E-state index in [9.17, 15) is 9.36 Å². The molecule has 62 valence electrons. The highest BCUT2D eigenvalue weighted by atomic mass is 31.1. The summed E-state index contributed by atoms with van der Waals surface area (Å²) in [6.45, 7) is 5.45. The smallest absolute Gasteiger partial charge is 0.333 e. The molecule has 0 aliphatic carbocycles. The summed E-state index contributed by atoms with van der Waals surface area (Å²) in [5, 5.41) is 0. The van der Waals surface area contributed by atoms with Gasteiger partial charge in [0.2, 0.25) is 0 Å². The minimum atomic E-state index is -1.81. The zero-order valence-corrected chi connectivity index (χ0v) is 7.47. The van der Waals surface area contributed by atoms with Crippen molar-refractivity contribution in [2.45, 2.75) is 13.3 Å². The summed E-state index contributed by atoms with van der Waals surface area (Å²) in [4.78, 5) is 10.7. The van der Waals surface area contributed by atoms with Gasteiger partial charge in [-0.25, -0.2) is 4.79 Å². The van der Waals surface area contributed by atoms with Gasteiger partial charge in [-0.2, -0.15) is 0 Å². The van der Waals surface area contributed by atoms with Crippen LogP contribution in [0, 0.1) is 0 Å². The van der Waals surface area contributed by atoms with Gasteiger partial charge >= 0.3 is 13.3 Å². The lowest BCUT2D eigenvalue weighted by molar-refractivity contribution is -0.111. The monoisotopic (exact) mass is 175 g/mol. The lowest BCUT2D eigenvalue weighted by atomic mass is 10.6. The van der Waals surface area contributed by atoms with Gasteiger partial charge in [0.25, 0.3) is 6.35 Å². The average Bonchev–Trinajstić information content (AvgIpc) is 2.03. The molecule has 0 aromatic carbocycles. The second kappa shape index (κ2) is 6.20. The summed E-state index contributed by atoms with van der Waals surface area (Å²) in [7, 11) is -1.81. The van der Waals surface area contributed by atoms with Crippen molar-refractivity contribution in [2.75, 3.05) is 13.0 Å². The number of hydrogen-bond donors (Lipinski definition) is 0. The van der Waals surface area contributed by atoms with Crippen LogP contribution in [0.15, 0.2) is 12.7 Å². The lowest BCUT2D eigenvalue weighted by Gasteiger charge is -1.87. The number of carbonyl (C=O) groups is 1. The predicted molar refractivity (Wildman–Crippen MR) is 43.9 cm³/mol. The van der Waals surface area contributed by atoms with E-state index >= 15 is 0 Å². The molecule has 0 aliphatic heterocycles. The molecule has 3 nitrogen and oxygen atoms in total. The van der Waals surface area contributed by atoms with Crippen LogP contribution in [-0.2, 0) is 14.1 Å². The molecule has 0 radical (unpaired) electrons. The molecule has 0 bridgehead atoms. The molecule has 0 aromatic heterocycles. The van der Waals surface area contributed by atoms with E-state index in [1.165, 1.54) is 0 Å². The highest BCUT2D eigenvalue weighted by Gasteiger charge is 2.25. The van der Waals surface area contributed by atoms with Crippen LogP contribution in [0.3, 0.4) is 0 Å². The Hall–Kier alpha value is -0.530. The maximum Gasteiger partial charge on any atom is 0.442 e. The van der Waals surface area contributed by atoms with Crippen molar-refractivity contribution in [1.82, 2.24) is 0 Å². The Morgan fingerprint density at radius 2 is 2.36 bits per heavy atom. The Labute approximate surface area is 67.2 Å². The Balaban J connectivity index is 3.52. The summed E-state index contributed by atoms with van der Waals surface area (Å²) in [5.74, 6) is 0. The second-order valence-corrected chi connectivity index (χ2v) is 3.43. The van der Waals surface area contributed by atoms with Crippen molar-refractivity contribution in [2.24, 2.45) is 0 Å². The highest BCUT2D eigenvalue weighted by molar-refractivity contribution is 7.63. The van der Waals surface area contributed by atoms with Gasteiger partial charge in [0.1, 0.15) is 0 Å². The Kier molecular flexibility index (Phi) is 5.90. The van der Waals surface area contributed by atoms with Crippen LogP contribution in [0.2, 0.25) is 0 Å². The Morgan fingerprint density at radius 1 is 1.73 bits per heavy atom. The molecule has 0 amide bonds. The summed E-state index contributed by atoms with van der Waals surface area (Å²) in [5.41, 5.74) is -0.232. The third kappa shape index (κ3) is 4.82. The fourth-order valence-corrected chi connectivity index (χ4v) is 1.24. The van der Waals surface area contributed by atoms with E-state index < -0.39 is 7.80 Å². The fraction of sp³-hybridized carbons (Fsp3) is 0.571. The SMILES string of the molecule is C=CCOC[P+](=O)C(=O)CC. The molecule has 11 heavy (non-hydrogen) atoms. The fourth-order valence-electron chi connectivity index (χ4n) is 0.467. The van der Waals surface area contributed by atoms with E-state index in [2.05, 4.69) is 6.58 Å². The van der Waals surface area contributed by atoms with E-state index in [4.69, 9.17) is 4.74 Å².